The van der Waals surface area contributed by atoms with E-state index in [1.54, 1.807) is 18.3 Å². The summed E-state index contributed by atoms with van der Waals surface area (Å²) in [5.74, 6) is 0.119. The second kappa shape index (κ2) is 5.48. The van der Waals surface area contributed by atoms with Gasteiger partial charge in [0.1, 0.15) is 0 Å². The zero-order chi connectivity index (χ0) is 15.7. The first-order valence-electron chi connectivity index (χ1n) is 7.05. The van der Waals surface area contributed by atoms with E-state index in [4.69, 9.17) is 11.5 Å². The van der Waals surface area contributed by atoms with Crippen LogP contribution in [0.2, 0.25) is 0 Å². The van der Waals surface area contributed by atoms with E-state index in [0.29, 0.717) is 28.6 Å². The molecule has 2 heterocycles. The molecule has 0 fully saturated rings. The molecule has 3 rings (SSSR count). The molecule has 6 nitrogen and oxygen atoms in total. The topological polar surface area (TPSA) is 111 Å². The van der Waals surface area contributed by atoms with Crippen molar-refractivity contribution >= 4 is 17.4 Å². The normalized spacial score (nSPS) is 17.3. The predicted molar refractivity (Wildman–Crippen MR) is 85.6 cm³/mol. The van der Waals surface area contributed by atoms with Crippen molar-refractivity contribution in [2.45, 2.75) is 13.3 Å². The molecule has 6 heteroatoms. The fraction of sp³-hybridized carbons (Fsp3) is 0.188. The number of carbonyl (C=O) groups excluding carboxylic acids is 1. The Morgan fingerprint density at radius 2 is 2.27 bits per heavy atom. The van der Waals surface area contributed by atoms with Crippen LogP contribution in [0.5, 0.6) is 0 Å². The summed E-state index contributed by atoms with van der Waals surface area (Å²) in [5, 5.41) is 0. The number of aromatic amines is 1. The number of hydrogen-bond donors (Lipinski definition) is 3. The number of rotatable bonds is 3. The number of nitrogens with two attached hydrogens (primary N) is 2. The highest BCUT2D eigenvalue weighted by atomic mass is 16.1. The Balaban J connectivity index is 2.11. The molecule has 2 aromatic heterocycles. The maximum absolute atomic E-state index is 11.8. The lowest BCUT2D eigenvalue weighted by Crippen LogP contribution is -2.12. The Morgan fingerprint density at radius 1 is 1.45 bits per heavy atom. The van der Waals surface area contributed by atoms with E-state index in [2.05, 4.69) is 34.0 Å². The first-order chi connectivity index (χ1) is 10.5. The summed E-state index contributed by atoms with van der Waals surface area (Å²) in [4.78, 5) is 23.0. The van der Waals surface area contributed by atoms with Crippen molar-refractivity contribution in [3.8, 4) is 11.4 Å². The molecule has 0 bridgehead atoms. The van der Waals surface area contributed by atoms with Crippen LogP contribution in [0.3, 0.4) is 0 Å². The minimum atomic E-state index is -0.480. The van der Waals surface area contributed by atoms with Crippen molar-refractivity contribution in [1.82, 2.24) is 15.0 Å². The summed E-state index contributed by atoms with van der Waals surface area (Å²) in [5.41, 5.74) is 14.5. The lowest BCUT2D eigenvalue weighted by molar-refractivity contribution is 0.1000. The molecule has 1 aliphatic rings. The minimum absolute atomic E-state index is 0.180. The summed E-state index contributed by atoms with van der Waals surface area (Å²) in [6.45, 7) is 2.13. The van der Waals surface area contributed by atoms with Gasteiger partial charge in [-0.05, 0) is 30.0 Å². The molecule has 0 saturated carbocycles. The Hall–Kier alpha value is -2.89. The molecular weight excluding hydrogens is 278 g/mol. The van der Waals surface area contributed by atoms with Crippen LogP contribution >= 0.6 is 0 Å². The van der Waals surface area contributed by atoms with Crippen LogP contribution < -0.4 is 11.5 Å². The first-order valence-corrected chi connectivity index (χ1v) is 7.05. The van der Waals surface area contributed by atoms with E-state index < -0.39 is 5.91 Å². The fourth-order valence-corrected chi connectivity index (χ4v) is 2.54. The zero-order valence-corrected chi connectivity index (χ0v) is 12.2. The number of carbonyl (C=O) groups is 1. The lowest BCUT2D eigenvalue weighted by atomic mass is 9.95. The summed E-state index contributed by atoms with van der Waals surface area (Å²) < 4.78 is 0. The highest BCUT2D eigenvalue weighted by Crippen LogP contribution is 2.29. The van der Waals surface area contributed by atoms with E-state index in [0.717, 1.165) is 12.0 Å². The quantitative estimate of drug-likeness (QED) is 0.805. The fourth-order valence-electron chi connectivity index (χ4n) is 2.54. The summed E-state index contributed by atoms with van der Waals surface area (Å²) in [6, 6.07) is 3.43. The van der Waals surface area contributed by atoms with E-state index >= 15 is 0 Å². The van der Waals surface area contributed by atoms with Crippen molar-refractivity contribution < 1.29 is 4.79 Å². The van der Waals surface area contributed by atoms with Crippen LogP contribution in [-0.4, -0.2) is 20.9 Å². The Bertz CT molecular complexity index is 788. The number of nitrogens with zero attached hydrogens (tertiary/aromatic N) is 2. The van der Waals surface area contributed by atoms with Crippen LogP contribution in [0.4, 0.5) is 5.95 Å². The number of allylic oxidation sites excluding steroid dienone is 4. The molecule has 0 aliphatic heterocycles. The number of H-pyrrole nitrogens is 1. The molecule has 5 N–H and O–H groups in total. The van der Waals surface area contributed by atoms with E-state index in [1.165, 1.54) is 0 Å². The molecular formula is C16H17N5O. The molecule has 22 heavy (non-hydrogen) atoms. The highest BCUT2D eigenvalue weighted by Gasteiger charge is 2.18. The first kappa shape index (κ1) is 14.1. The van der Waals surface area contributed by atoms with Gasteiger partial charge in [0.05, 0.1) is 22.6 Å². The largest absolute Gasteiger partial charge is 0.368 e. The third-order valence-corrected chi connectivity index (χ3v) is 3.59. The number of anilines is 1. The average molecular weight is 295 g/mol. The van der Waals surface area contributed by atoms with Crippen molar-refractivity contribution in [3.63, 3.8) is 0 Å². The maximum atomic E-state index is 11.8. The van der Waals surface area contributed by atoms with Crippen LogP contribution in [0, 0.1) is 5.92 Å². The number of hydrogen-bond acceptors (Lipinski definition) is 4. The third-order valence-electron chi connectivity index (χ3n) is 3.59. The second-order valence-corrected chi connectivity index (χ2v) is 5.37. The Morgan fingerprint density at radius 3 is 2.95 bits per heavy atom. The van der Waals surface area contributed by atoms with Gasteiger partial charge in [-0.25, -0.2) is 9.97 Å². The molecule has 1 aliphatic carbocycles. The number of nitrogens with one attached hydrogen (secondary N) is 1. The van der Waals surface area contributed by atoms with Crippen molar-refractivity contribution in [2.24, 2.45) is 11.7 Å². The molecule has 0 spiro atoms. The molecule has 112 valence electrons. The van der Waals surface area contributed by atoms with Crippen molar-refractivity contribution in [1.29, 1.82) is 0 Å². The third kappa shape index (κ3) is 2.63. The van der Waals surface area contributed by atoms with Gasteiger partial charge < -0.3 is 16.5 Å². The predicted octanol–water partition coefficient (Wildman–Crippen LogP) is 2.13. The Labute approximate surface area is 128 Å². The van der Waals surface area contributed by atoms with Crippen molar-refractivity contribution in [3.05, 3.63) is 47.8 Å². The molecule has 1 atom stereocenters. The van der Waals surface area contributed by atoms with Crippen molar-refractivity contribution in [2.75, 3.05) is 5.73 Å². The number of aromatic nitrogens is 3. The number of nitrogen functional groups attached to an aromatic ring is 1. The van der Waals surface area contributed by atoms with Crippen LogP contribution in [-0.2, 0) is 0 Å². The maximum Gasteiger partial charge on any atom is 0.250 e. The zero-order valence-electron chi connectivity index (χ0n) is 12.2. The smallest absolute Gasteiger partial charge is 0.250 e. The molecule has 2 aromatic rings. The molecule has 0 saturated heterocycles. The van der Waals surface area contributed by atoms with E-state index in [9.17, 15) is 4.79 Å². The van der Waals surface area contributed by atoms with Gasteiger partial charge >= 0.3 is 0 Å². The summed E-state index contributed by atoms with van der Waals surface area (Å²) in [7, 11) is 0. The summed E-state index contributed by atoms with van der Waals surface area (Å²) >= 11 is 0. The lowest BCUT2D eigenvalue weighted by Gasteiger charge is -2.12. The second-order valence-electron chi connectivity index (χ2n) is 5.37. The summed E-state index contributed by atoms with van der Waals surface area (Å²) in [6.07, 6.45) is 8.77. The highest BCUT2D eigenvalue weighted by molar-refractivity contribution is 6.00. The van der Waals surface area contributed by atoms with Crippen LogP contribution in [0.25, 0.3) is 17.0 Å². The monoisotopic (exact) mass is 295 g/mol. The van der Waals surface area contributed by atoms with Gasteiger partial charge in [0.15, 0.2) is 0 Å². The molecule has 1 unspecified atom stereocenters. The number of primary amides is 1. The van der Waals surface area contributed by atoms with Gasteiger partial charge in [0, 0.05) is 6.20 Å². The number of amides is 1. The molecule has 0 aromatic carbocycles. The van der Waals surface area contributed by atoms with Gasteiger partial charge in [-0.3, -0.25) is 4.79 Å². The van der Waals surface area contributed by atoms with Crippen LogP contribution in [0.15, 0.2) is 36.6 Å². The van der Waals surface area contributed by atoms with E-state index in [1.807, 2.05) is 6.08 Å². The van der Waals surface area contributed by atoms with Gasteiger partial charge in [-0.15, -0.1) is 0 Å². The Kier molecular flexibility index (Phi) is 3.50. The van der Waals surface area contributed by atoms with Gasteiger partial charge in [0.25, 0.3) is 5.91 Å². The minimum Gasteiger partial charge on any atom is -0.368 e. The standard InChI is InChI=1S/C16H17N5O/c1-9-3-2-4-10(7-9)14-11(15(17)22)8-13(20-14)12-5-6-19-16(18)21-12/h2,4-9,20H,3H2,1H3,(H2,17,22)(H2,18,19,21). The molecule has 1 amide bonds. The molecule has 0 radical (unpaired) electrons. The SMILES string of the molecule is CC1C=C(c2[nH]c(-c3ccnc(N)n3)cc2C(N)=O)C=CC1. The van der Waals surface area contributed by atoms with E-state index in [-0.39, 0.29) is 5.95 Å². The van der Waals surface area contributed by atoms with Gasteiger partial charge in [-0.2, -0.15) is 0 Å². The van der Waals surface area contributed by atoms with Crippen LogP contribution in [0.1, 0.15) is 29.4 Å². The van der Waals surface area contributed by atoms with Gasteiger partial charge in [-0.1, -0.05) is 25.2 Å². The van der Waals surface area contributed by atoms with Gasteiger partial charge in [0.2, 0.25) is 5.95 Å². The average Bonchev–Trinajstić information content (AvgIpc) is 2.92.